The molecule has 1 spiro atoms. The Kier molecular flexibility index (Phi) is 6.46. The van der Waals surface area contributed by atoms with Gasteiger partial charge in [-0.1, -0.05) is 176 Å². The van der Waals surface area contributed by atoms with Gasteiger partial charge >= 0.3 is 0 Å². The molecule has 0 unspecified atom stereocenters. The molecule has 0 amide bonds. The monoisotopic (exact) mass is 774 g/mol. The number of fused-ring (bicyclic) bond motifs is 18. The third-order valence-electron chi connectivity index (χ3n) is 13.6. The molecule has 2 aliphatic rings. The molecule has 282 valence electrons. The summed E-state index contributed by atoms with van der Waals surface area (Å²) >= 11 is 0. The lowest BCUT2D eigenvalue weighted by Gasteiger charge is -2.30. The van der Waals surface area contributed by atoms with Crippen LogP contribution in [0.5, 0.6) is 0 Å². The molecule has 0 N–H and O–H groups in total. The van der Waals surface area contributed by atoms with Crippen LogP contribution < -0.4 is 0 Å². The maximum atomic E-state index is 5.77. The number of hydrogen-bond acceptors (Lipinski definition) is 2. The molecule has 14 rings (SSSR count). The molecule has 3 heterocycles. The molecule has 4 nitrogen and oxygen atoms in total. The van der Waals surface area contributed by atoms with Gasteiger partial charge in [0, 0.05) is 38.2 Å². The summed E-state index contributed by atoms with van der Waals surface area (Å²) in [6, 6.07) is 75.2. The highest BCUT2D eigenvalue weighted by Crippen LogP contribution is 2.64. The van der Waals surface area contributed by atoms with Gasteiger partial charge in [-0.2, -0.15) is 0 Å². The number of aromatic nitrogens is 4. The van der Waals surface area contributed by atoms with Crippen LogP contribution in [-0.2, 0) is 5.41 Å². The van der Waals surface area contributed by atoms with E-state index in [-0.39, 0.29) is 0 Å². The van der Waals surface area contributed by atoms with Crippen LogP contribution in [0.2, 0.25) is 0 Å². The minimum absolute atomic E-state index is 0.454. The first-order valence-electron chi connectivity index (χ1n) is 21.0. The van der Waals surface area contributed by atoms with Crippen LogP contribution in [0.3, 0.4) is 0 Å². The van der Waals surface area contributed by atoms with Gasteiger partial charge in [-0.25, -0.2) is 9.97 Å². The van der Waals surface area contributed by atoms with E-state index in [9.17, 15) is 0 Å². The van der Waals surface area contributed by atoms with Crippen LogP contribution in [0.25, 0.3) is 99.7 Å². The molecule has 0 radical (unpaired) electrons. The normalized spacial score (nSPS) is 13.4. The molecule has 0 atom stereocenters. The molecule has 3 aromatic heterocycles. The fraction of sp³-hybridized carbons (Fsp3) is 0.0175. The molecule has 12 aromatic rings. The number of rotatable bonds is 3. The van der Waals surface area contributed by atoms with Crippen molar-refractivity contribution in [2.75, 3.05) is 0 Å². The fourth-order valence-corrected chi connectivity index (χ4v) is 11.3. The van der Waals surface area contributed by atoms with Gasteiger partial charge in [0.15, 0.2) is 0 Å². The van der Waals surface area contributed by atoms with Gasteiger partial charge in [-0.15, -0.1) is 0 Å². The minimum Gasteiger partial charge on any atom is -0.307 e. The number of para-hydroxylation sites is 4. The van der Waals surface area contributed by atoms with Gasteiger partial charge in [0.1, 0.15) is 0 Å². The second-order valence-corrected chi connectivity index (χ2v) is 16.4. The minimum atomic E-state index is -0.454. The smallest absolute Gasteiger partial charge is 0.235 e. The lowest BCUT2D eigenvalue weighted by molar-refractivity contribution is 0.794. The zero-order valence-electron chi connectivity index (χ0n) is 32.9. The average Bonchev–Trinajstić information content (AvgIpc) is 4.04. The van der Waals surface area contributed by atoms with Gasteiger partial charge in [-0.05, 0) is 74.8 Å². The molecule has 0 bridgehead atoms. The Labute approximate surface area is 351 Å². The highest BCUT2D eigenvalue weighted by molar-refractivity contribution is 6.23. The summed E-state index contributed by atoms with van der Waals surface area (Å²) in [7, 11) is 0. The highest BCUT2D eigenvalue weighted by atomic mass is 15.2. The zero-order chi connectivity index (χ0) is 39.8. The standard InChI is InChI=1S/C57H34N4/c1-2-17-35(18-3-1)60-50-31-14-8-21-38(50)40-33-34-41-39-22-9-15-32-51(39)61(55(41)54(40)60)56-58-49-30-13-7-24-43(49)53(59-56)44-25-16-29-48-52(44)42-23-6-12-28-47(42)57(48)45-26-10-4-19-36(45)37-20-5-11-27-46(37)57/h1-34H. The quantitative estimate of drug-likeness (QED) is 0.179. The Morgan fingerprint density at radius 2 is 0.820 bits per heavy atom. The largest absolute Gasteiger partial charge is 0.307 e. The Morgan fingerprint density at radius 3 is 1.51 bits per heavy atom. The molecule has 2 aliphatic carbocycles. The molecular weight excluding hydrogens is 741 g/mol. The molecule has 4 heteroatoms. The predicted octanol–water partition coefficient (Wildman–Crippen LogP) is 13.8. The van der Waals surface area contributed by atoms with Crippen molar-refractivity contribution in [2.24, 2.45) is 0 Å². The lowest BCUT2D eigenvalue weighted by Crippen LogP contribution is -2.25. The molecule has 9 aromatic carbocycles. The Balaban J connectivity index is 1.12. The molecule has 61 heavy (non-hydrogen) atoms. The third kappa shape index (κ3) is 4.13. The summed E-state index contributed by atoms with van der Waals surface area (Å²) in [5.41, 5.74) is 18.4. The molecule has 0 aliphatic heterocycles. The van der Waals surface area contributed by atoms with Gasteiger partial charge in [0.25, 0.3) is 0 Å². The van der Waals surface area contributed by atoms with Crippen molar-refractivity contribution in [3.63, 3.8) is 0 Å². The predicted molar refractivity (Wildman–Crippen MR) is 250 cm³/mol. The van der Waals surface area contributed by atoms with Gasteiger partial charge in [-0.3, -0.25) is 4.57 Å². The van der Waals surface area contributed by atoms with E-state index in [1.54, 1.807) is 0 Å². The summed E-state index contributed by atoms with van der Waals surface area (Å²) in [4.78, 5) is 11.3. The summed E-state index contributed by atoms with van der Waals surface area (Å²) in [5, 5.41) is 5.75. The fourth-order valence-electron chi connectivity index (χ4n) is 11.3. The Morgan fingerprint density at radius 1 is 0.328 bits per heavy atom. The Bertz CT molecular complexity index is 3790. The lowest BCUT2D eigenvalue weighted by atomic mass is 9.70. The zero-order valence-corrected chi connectivity index (χ0v) is 32.9. The third-order valence-corrected chi connectivity index (χ3v) is 13.6. The summed E-state index contributed by atoms with van der Waals surface area (Å²) in [6.45, 7) is 0. The van der Waals surface area contributed by atoms with E-state index in [4.69, 9.17) is 9.97 Å². The first-order chi connectivity index (χ1) is 30.3. The van der Waals surface area contributed by atoms with E-state index in [1.165, 1.54) is 55.3 Å². The van der Waals surface area contributed by atoms with Crippen molar-refractivity contribution in [3.05, 3.63) is 229 Å². The van der Waals surface area contributed by atoms with Gasteiger partial charge in [0.05, 0.1) is 38.7 Å². The number of nitrogens with zero attached hydrogens (tertiary/aromatic N) is 4. The second kappa shape index (κ2) is 12.0. The molecule has 0 fully saturated rings. The van der Waals surface area contributed by atoms with Crippen molar-refractivity contribution >= 4 is 54.5 Å². The first kappa shape index (κ1) is 32.8. The van der Waals surface area contributed by atoms with E-state index in [2.05, 4.69) is 215 Å². The van der Waals surface area contributed by atoms with E-state index in [0.29, 0.717) is 5.95 Å². The molecule has 0 saturated heterocycles. The van der Waals surface area contributed by atoms with E-state index in [0.717, 1.165) is 60.7 Å². The van der Waals surface area contributed by atoms with Crippen LogP contribution >= 0.6 is 0 Å². The summed E-state index contributed by atoms with van der Waals surface area (Å²) in [6.07, 6.45) is 0. The Hall–Kier alpha value is -8.08. The van der Waals surface area contributed by atoms with Crippen LogP contribution in [0.1, 0.15) is 22.3 Å². The average molecular weight is 775 g/mol. The number of benzene rings is 9. The summed E-state index contributed by atoms with van der Waals surface area (Å²) in [5.74, 6) is 0.646. The first-order valence-corrected chi connectivity index (χ1v) is 21.0. The van der Waals surface area contributed by atoms with Gasteiger partial charge < -0.3 is 4.57 Å². The maximum absolute atomic E-state index is 5.77. The van der Waals surface area contributed by atoms with Gasteiger partial charge in [0.2, 0.25) is 5.95 Å². The molecule has 0 saturated carbocycles. The van der Waals surface area contributed by atoms with Crippen molar-refractivity contribution in [1.29, 1.82) is 0 Å². The highest BCUT2D eigenvalue weighted by Gasteiger charge is 2.52. The second-order valence-electron chi connectivity index (χ2n) is 16.4. The van der Waals surface area contributed by atoms with Crippen molar-refractivity contribution in [3.8, 4) is 45.1 Å². The van der Waals surface area contributed by atoms with E-state index >= 15 is 0 Å². The summed E-state index contributed by atoms with van der Waals surface area (Å²) < 4.78 is 4.74. The van der Waals surface area contributed by atoms with Crippen LogP contribution in [0.15, 0.2) is 206 Å². The van der Waals surface area contributed by atoms with Crippen LogP contribution in [0, 0.1) is 0 Å². The topological polar surface area (TPSA) is 35.6 Å². The van der Waals surface area contributed by atoms with Crippen LogP contribution in [0.4, 0.5) is 0 Å². The number of hydrogen-bond donors (Lipinski definition) is 0. The molecular formula is C57H34N4. The van der Waals surface area contributed by atoms with Crippen molar-refractivity contribution in [2.45, 2.75) is 5.41 Å². The SMILES string of the molecule is c1ccc(-n2c3ccccc3c3ccc4c5ccccc5n(-c5nc(-c6cccc7c6-c6ccccc6C76c7ccccc7-c7ccccc76)c6ccccc6n5)c4c32)cc1. The van der Waals surface area contributed by atoms with E-state index in [1.807, 2.05) is 0 Å². The van der Waals surface area contributed by atoms with Crippen molar-refractivity contribution in [1.82, 2.24) is 19.1 Å². The van der Waals surface area contributed by atoms with E-state index < -0.39 is 5.41 Å². The van der Waals surface area contributed by atoms with Crippen molar-refractivity contribution < 1.29 is 0 Å². The van der Waals surface area contributed by atoms with Crippen LogP contribution in [-0.4, -0.2) is 19.1 Å². The maximum Gasteiger partial charge on any atom is 0.235 e.